The molecule has 8 nitrogen and oxygen atoms in total. The van der Waals surface area contributed by atoms with Gasteiger partial charge < -0.3 is 14.6 Å². The molecule has 180 valence electrons. The number of para-hydroxylation sites is 1. The van der Waals surface area contributed by atoms with Crippen molar-refractivity contribution in [2.45, 2.75) is 13.0 Å². The second-order valence-corrected chi connectivity index (χ2v) is 9.15. The Bertz CT molecular complexity index is 1460. The van der Waals surface area contributed by atoms with E-state index < -0.39 is 17.7 Å². The van der Waals surface area contributed by atoms with E-state index in [0.29, 0.717) is 33.4 Å². The molecule has 0 aliphatic carbocycles. The number of Topliss-reactive ketones (excluding diaryl/α,β-unsaturated/α-hetero) is 1. The van der Waals surface area contributed by atoms with E-state index in [9.17, 15) is 14.7 Å². The Morgan fingerprint density at radius 1 is 0.917 bits per heavy atom. The molecule has 1 unspecified atom stereocenters. The minimum absolute atomic E-state index is 0.0464. The van der Waals surface area contributed by atoms with Crippen molar-refractivity contribution < 1.29 is 24.2 Å². The first kappa shape index (κ1) is 23.3. The average molecular weight is 500 g/mol. The van der Waals surface area contributed by atoms with Gasteiger partial charge in [0, 0.05) is 5.56 Å². The molecule has 1 atom stereocenters. The molecular weight excluding hydrogens is 478 g/mol. The number of aliphatic hydroxyl groups excluding tert-OH is 1. The maximum atomic E-state index is 13.3. The zero-order valence-corrected chi connectivity index (χ0v) is 20.2. The first-order valence-corrected chi connectivity index (χ1v) is 11.9. The Labute approximate surface area is 211 Å². The van der Waals surface area contributed by atoms with Gasteiger partial charge in [0.05, 0.1) is 18.7 Å². The maximum absolute atomic E-state index is 13.3. The van der Waals surface area contributed by atoms with Gasteiger partial charge in [0.1, 0.15) is 28.0 Å². The Morgan fingerprint density at radius 3 is 2.31 bits per heavy atom. The maximum Gasteiger partial charge on any atom is 0.301 e. The molecule has 9 heteroatoms. The number of hydrogen-bond donors (Lipinski definition) is 1. The van der Waals surface area contributed by atoms with Crippen LogP contribution in [0.15, 0.2) is 84.4 Å². The largest absolute Gasteiger partial charge is 0.507 e. The van der Waals surface area contributed by atoms with Crippen LogP contribution in [0.25, 0.3) is 5.76 Å². The Hall–Kier alpha value is -4.50. The van der Waals surface area contributed by atoms with Crippen LogP contribution in [0.2, 0.25) is 0 Å². The fourth-order valence-electron chi connectivity index (χ4n) is 4.01. The Kier molecular flexibility index (Phi) is 6.22. The smallest absolute Gasteiger partial charge is 0.301 e. The van der Waals surface area contributed by atoms with Crippen molar-refractivity contribution in [3.8, 4) is 17.2 Å². The molecule has 1 saturated heterocycles. The zero-order valence-electron chi connectivity index (χ0n) is 19.4. The number of aliphatic hydroxyl groups is 1. The lowest BCUT2D eigenvalue weighted by molar-refractivity contribution is -0.132. The van der Waals surface area contributed by atoms with Crippen molar-refractivity contribution in [3.05, 3.63) is 101 Å². The summed E-state index contributed by atoms with van der Waals surface area (Å²) in [4.78, 5) is 27.8. The van der Waals surface area contributed by atoms with E-state index in [0.717, 1.165) is 0 Å². The summed E-state index contributed by atoms with van der Waals surface area (Å²) in [6.07, 6.45) is 0. The van der Waals surface area contributed by atoms with E-state index in [1.807, 2.05) is 30.3 Å². The quantitative estimate of drug-likeness (QED) is 0.219. The minimum Gasteiger partial charge on any atom is -0.507 e. The van der Waals surface area contributed by atoms with Gasteiger partial charge in [0.15, 0.2) is 0 Å². The summed E-state index contributed by atoms with van der Waals surface area (Å²) in [5, 5.41) is 20.3. The molecule has 2 heterocycles. The van der Waals surface area contributed by atoms with Crippen molar-refractivity contribution >= 4 is 33.9 Å². The van der Waals surface area contributed by atoms with E-state index >= 15 is 0 Å². The summed E-state index contributed by atoms with van der Waals surface area (Å²) in [6.45, 7) is 1.76. The van der Waals surface area contributed by atoms with Crippen molar-refractivity contribution in [1.29, 1.82) is 0 Å². The van der Waals surface area contributed by atoms with Gasteiger partial charge in [-0.05, 0) is 61.0 Å². The summed E-state index contributed by atoms with van der Waals surface area (Å²) in [6, 6.07) is 22.0. The van der Waals surface area contributed by atoms with Gasteiger partial charge >= 0.3 is 5.91 Å². The van der Waals surface area contributed by atoms with Gasteiger partial charge in [0.25, 0.3) is 5.78 Å². The van der Waals surface area contributed by atoms with Crippen molar-refractivity contribution in [2.24, 2.45) is 0 Å². The molecule has 1 N–H and O–H groups in total. The number of ether oxygens (including phenoxy) is 2. The molecule has 1 aliphatic heterocycles. The summed E-state index contributed by atoms with van der Waals surface area (Å²) in [5.74, 6) is -0.141. The number of aromatic nitrogens is 2. The average Bonchev–Trinajstić information content (AvgIpc) is 3.44. The normalized spacial score (nSPS) is 16.8. The van der Waals surface area contributed by atoms with Crippen LogP contribution in [-0.4, -0.2) is 34.1 Å². The number of hydrogen-bond acceptors (Lipinski definition) is 8. The number of carbonyl (C=O) groups is 2. The van der Waals surface area contributed by atoms with Crippen LogP contribution in [0, 0.1) is 6.92 Å². The highest BCUT2D eigenvalue weighted by Crippen LogP contribution is 2.43. The SMILES string of the molecule is COc1ccc(C(O)=C2C(=O)C(=O)N(c3nnc(C)s3)C2c2cccc(Oc3ccccc3)c2)cc1. The third kappa shape index (κ3) is 4.32. The van der Waals surface area contributed by atoms with Crippen molar-refractivity contribution in [1.82, 2.24) is 10.2 Å². The van der Waals surface area contributed by atoms with Crippen LogP contribution in [0.4, 0.5) is 5.13 Å². The molecule has 3 aromatic carbocycles. The van der Waals surface area contributed by atoms with Crippen LogP contribution < -0.4 is 14.4 Å². The van der Waals surface area contributed by atoms with E-state index in [1.165, 1.54) is 23.3 Å². The monoisotopic (exact) mass is 499 g/mol. The summed E-state index contributed by atoms with van der Waals surface area (Å²) in [5.41, 5.74) is 0.907. The van der Waals surface area contributed by atoms with Gasteiger partial charge in [-0.25, -0.2) is 0 Å². The van der Waals surface area contributed by atoms with Crippen molar-refractivity contribution in [2.75, 3.05) is 12.0 Å². The second kappa shape index (κ2) is 9.63. The van der Waals surface area contributed by atoms with Gasteiger partial charge in [-0.2, -0.15) is 0 Å². The predicted octanol–water partition coefficient (Wildman–Crippen LogP) is 5.27. The number of rotatable bonds is 6. The summed E-state index contributed by atoms with van der Waals surface area (Å²) < 4.78 is 11.2. The number of carbonyl (C=O) groups excluding carboxylic acids is 2. The lowest BCUT2D eigenvalue weighted by atomic mass is 9.95. The summed E-state index contributed by atoms with van der Waals surface area (Å²) in [7, 11) is 1.54. The number of methoxy groups -OCH3 is 1. The predicted molar refractivity (Wildman–Crippen MR) is 135 cm³/mol. The van der Waals surface area contributed by atoms with E-state index in [-0.39, 0.29) is 16.5 Å². The molecule has 0 spiro atoms. The fourth-order valence-corrected chi connectivity index (χ4v) is 4.72. The molecule has 1 aromatic heterocycles. The molecule has 1 aliphatic rings. The highest BCUT2D eigenvalue weighted by molar-refractivity contribution is 7.15. The molecule has 0 bridgehead atoms. The second-order valence-electron chi connectivity index (χ2n) is 7.99. The van der Waals surface area contributed by atoms with E-state index in [2.05, 4.69) is 10.2 Å². The highest BCUT2D eigenvalue weighted by atomic mass is 32.1. The van der Waals surface area contributed by atoms with Crippen LogP contribution in [0.1, 0.15) is 22.2 Å². The number of anilines is 1. The number of aryl methyl sites for hydroxylation is 1. The molecule has 4 aromatic rings. The van der Waals surface area contributed by atoms with Crippen molar-refractivity contribution in [3.63, 3.8) is 0 Å². The number of nitrogens with zero attached hydrogens (tertiary/aromatic N) is 3. The Balaban J connectivity index is 1.64. The minimum atomic E-state index is -0.932. The Morgan fingerprint density at radius 2 is 1.64 bits per heavy atom. The number of amides is 1. The van der Waals surface area contributed by atoms with Crippen LogP contribution in [0.5, 0.6) is 17.2 Å². The topological polar surface area (TPSA) is 102 Å². The third-order valence-electron chi connectivity index (χ3n) is 5.68. The molecular formula is C27H21N3O5S. The molecule has 1 fully saturated rings. The molecule has 36 heavy (non-hydrogen) atoms. The number of ketones is 1. The van der Waals surface area contributed by atoms with Crippen LogP contribution in [-0.2, 0) is 9.59 Å². The molecule has 1 amide bonds. The zero-order chi connectivity index (χ0) is 25.2. The highest BCUT2D eigenvalue weighted by Gasteiger charge is 2.48. The summed E-state index contributed by atoms with van der Waals surface area (Å²) >= 11 is 1.19. The first-order valence-electron chi connectivity index (χ1n) is 11.0. The number of benzene rings is 3. The third-order valence-corrected chi connectivity index (χ3v) is 6.52. The van der Waals surface area contributed by atoms with Crippen LogP contribution in [0.3, 0.4) is 0 Å². The van der Waals surface area contributed by atoms with Gasteiger partial charge in [-0.1, -0.05) is 41.7 Å². The standard InChI is InChI=1S/C27H21N3O5S/c1-16-28-29-27(36-16)30-23(18-7-6-10-21(15-18)35-20-8-4-3-5-9-20)22(25(32)26(30)33)24(31)17-11-13-19(34-2)14-12-17/h3-15,23,31H,1-2H3. The fraction of sp³-hybridized carbons (Fsp3) is 0.111. The molecule has 0 saturated carbocycles. The molecule has 0 radical (unpaired) electrons. The first-order chi connectivity index (χ1) is 17.5. The lowest BCUT2D eigenvalue weighted by Crippen LogP contribution is -2.29. The van der Waals surface area contributed by atoms with Gasteiger partial charge in [0.2, 0.25) is 5.13 Å². The van der Waals surface area contributed by atoms with E-state index in [1.54, 1.807) is 55.5 Å². The van der Waals surface area contributed by atoms with Gasteiger partial charge in [-0.15, -0.1) is 10.2 Å². The van der Waals surface area contributed by atoms with E-state index in [4.69, 9.17) is 9.47 Å². The van der Waals surface area contributed by atoms with Crippen LogP contribution >= 0.6 is 11.3 Å². The lowest BCUT2D eigenvalue weighted by Gasteiger charge is -2.23. The molecule has 5 rings (SSSR count). The van der Waals surface area contributed by atoms with Gasteiger partial charge in [-0.3, -0.25) is 14.5 Å².